The first kappa shape index (κ1) is 17.1. The van der Waals surface area contributed by atoms with Crippen molar-refractivity contribution in [2.24, 2.45) is 5.92 Å². The van der Waals surface area contributed by atoms with Crippen molar-refractivity contribution in [1.29, 1.82) is 0 Å². The highest BCUT2D eigenvalue weighted by atomic mass is 16.5. The third-order valence-electron chi connectivity index (χ3n) is 4.84. The molecule has 5 heteroatoms. The molecule has 2 heterocycles. The van der Waals surface area contributed by atoms with Crippen molar-refractivity contribution in [3.8, 4) is 11.5 Å². The first-order valence-electron chi connectivity index (χ1n) is 9.13. The fraction of sp³-hybridized carbons (Fsp3) is 0.632. The minimum atomic E-state index is 0.134. The molecule has 1 atom stereocenters. The zero-order valence-corrected chi connectivity index (χ0v) is 14.8. The van der Waals surface area contributed by atoms with Crippen LogP contribution in [0.5, 0.6) is 11.5 Å². The van der Waals surface area contributed by atoms with E-state index in [1.54, 1.807) is 0 Å². The van der Waals surface area contributed by atoms with E-state index in [-0.39, 0.29) is 5.92 Å². The molecule has 0 bridgehead atoms. The lowest BCUT2D eigenvalue weighted by atomic mass is 9.94. The second-order valence-corrected chi connectivity index (χ2v) is 6.49. The standard InChI is InChI=1S/C19H28N2O3/c1-3-23-17-10-14-7-9-21(13-16(14)11-18(17)24-4-2)19(22)15-6-5-8-20-12-15/h10-11,15,20H,3-9,12-13H2,1-2H3. The van der Waals surface area contributed by atoms with Gasteiger partial charge in [0.05, 0.1) is 19.1 Å². The van der Waals surface area contributed by atoms with Gasteiger partial charge in [-0.15, -0.1) is 0 Å². The van der Waals surface area contributed by atoms with Crippen molar-refractivity contribution in [3.63, 3.8) is 0 Å². The van der Waals surface area contributed by atoms with Crippen LogP contribution in [0.15, 0.2) is 12.1 Å². The van der Waals surface area contributed by atoms with Crippen LogP contribution in [0.4, 0.5) is 0 Å². The average Bonchev–Trinajstić information content (AvgIpc) is 2.62. The Morgan fingerprint density at radius 2 is 1.92 bits per heavy atom. The zero-order chi connectivity index (χ0) is 16.9. The third-order valence-corrected chi connectivity index (χ3v) is 4.84. The molecule has 2 aliphatic heterocycles. The average molecular weight is 332 g/mol. The van der Waals surface area contributed by atoms with E-state index in [1.165, 1.54) is 11.1 Å². The number of amides is 1. The molecule has 1 N–H and O–H groups in total. The predicted molar refractivity (Wildman–Crippen MR) is 93.5 cm³/mol. The van der Waals surface area contributed by atoms with Crippen molar-refractivity contribution in [3.05, 3.63) is 23.3 Å². The van der Waals surface area contributed by atoms with Crippen LogP contribution in [0.2, 0.25) is 0 Å². The number of hydrogen-bond acceptors (Lipinski definition) is 4. The Kier molecular flexibility index (Phi) is 5.61. The van der Waals surface area contributed by atoms with Crippen molar-refractivity contribution < 1.29 is 14.3 Å². The summed E-state index contributed by atoms with van der Waals surface area (Å²) in [5.41, 5.74) is 2.46. The molecule has 0 saturated carbocycles. The van der Waals surface area contributed by atoms with Gasteiger partial charge in [-0.3, -0.25) is 4.79 Å². The quantitative estimate of drug-likeness (QED) is 0.899. The van der Waals surface area contributed by atoms with E-state index in [1.807, 2.05) is 18.7 Å². The van der Waals surface area contributed by atoms with Crippen LogP contribution in [-0.4, -0.2) is 43.7 Å². The summed E-state index contributed by atoms with van der Waals surface area (Å²) in [6.45, 7) is 8.50. The fourth-order valence-corrected chi connectivity index (χ4v) is 3.61. The maximum absolute atomic E-state index is 12.8. The molecule has 1 unspecified atom stereocenters. The predicted octanol–water partition coefficient (Wildman–Crippen LogP) is 2.37. The molecule has 2 aliphatic rings. The molecule has 24 heavy (non-hydrogen) atoms. The van der Waals surface area contributed by atoms with Gasteiger partial charge in [-0.05, 0) is 62.9 Å². The molecule has 1 amide bonds. The van der Waals surface area contributed by atoms with Gasteiger partial charge in [0, 0.05) is 19.6 Å². The number of ether oxygens (including phenoxy) is 2. The highest BCUT2D eigenvalue weighted by molar-refractivity contribution is 5.79. The first-order valence-corrected chi connectivity index (χ1v) is 9.13. The van der Waals surface area contributed by atoms with E-state index < -0.39 is 0 Å². The molecule has 0 spiro atoms. The van der Waals surface area contributed by atoms with E-state index in [0.717, 1.165) is 50.4 Å². The summed E-state index contributed by atoms with van der Waals surface area (Å²) in [5.74, 6) is 2.02. The first-order chi connectivity index (χ1) is 11.7. The van der Waals surface area contributed by atoms with E-state index in [0.29, 0.717) is 25.7 Å². The summed E-state index contributed by atoms with van der Waals surface area (Å²) < 4.78 is 11.4. The number of hydrogen-bond donors (Lipinski definition) is 1. The van der Waals surface area contributed by atoms with Crippen LogP contribution in [0.25, 0.3) is 0 Å². The van der Waals surface area contributed by atoms with Gasteiger partial charge in [-0.25, -0.2) is 0 Å². The Balaban J connectivity index is 1.76. The van der Waals surface area contributed by atoms with Crippen LogP contribution >= 0.6 is 0 Å². The maximum atomic E-state index is 12.8. The Morgan fingerprint density at radius 3 is 2.54 bits per heavy atom. The molecule has 1 aromatic rings. The molecule has 5 nitrogen and oxygen atoms in total. The number of carbonyl (C=O) groups excluding carboxylic acids is 1. The highest BCUT2D eigenvalue weighted by Crippen LogP contribution is 2.34. The van der Waals surface area contributed by atoms with E-state index in [9.17, 15) is 4.79 Å². The van der Waals surface area contributed by atoms with Gasteiger partial charge in [0.1, 0.15) is 0 Å². The van der Waals surface area contributed by atoms with E-state index in [2.05, 4.69) is 17.4 Å². The van der Waals surface area contributed by atoms with Crippen molar-refractivity contribution in [2.75, 3.05) is 32.8 Å². The molecule has 1 saturated heterocycles. The number of nitrogens with one attached hydrogen (secondary N) is 1. The summed E-state index contributed by atoms with van der Waals surface area (Å²) in [4.78, 5) is 14.8. The molecular weight excluding hydrogens is 304 g/mol. The second kappa shape index (κ2) is 7.88. The molecule has 132 valence electrons. The SMILES string of the molecule is CCOc1cc2c(cc1OCC)CN(C(=O)C1CCCNC1)CC2. The van der Waals surface area contributed by atoms with Crippen molar-refractivity contribution >= 4 is 5.91 Å². The molecule has 3 rings (SSSR count). The van der Waals surface area contributed by atoms with Crippen molar-refractivity contribution in [2.45, 2.75) is 39.7 Å². The van der Waals surface area contributed by atoms with Gasteiger partial charge in [-0.2, -0.15) is 0 Å². The van der Waals surface area contributed by atoms with Crippen LogP contribution < -0.4 is 14.8 Å². The minimum Gasteiger partial charge on any atom is -0.490 e. The zero-order valence-electron chi connectivity index (χ0n) is 14.8. The van der Waals surface area contributed by atoms with Gasteiger partial charge in [0.25, 0.3) is 0 Å². The van der Waals surface area contributed by atoms with E-state index in [4.69, 9.17) is 9.47 Å². The Bertz CT molecular complexity index is 582. The number of rotatable bonds is 5. The van der Waals surface area contributed by atoms with Crippen LogP contribution in [0, 0.1) is 5.92 Å². The molecule has 0 aromatic heterocycles. The summed E-state index contributed by atoms with van der Waals surface area (Å²) in [5, 5.41) is 3.34. The number of nitrogens with zero attached hydrogens (tertiary/aromatic N) is 1. The summed E-state index contributed by atoms with van der Waals surface area (Å²) >= 11 is 0. The lowest BCUT2D eigenvalue weighted by Gasteiger charge is -2.33. The van der Waals surface area contributed by atoms with Crippen molar-refractivity contribution in [1.82, 2.24) is 10.2 Å². The summed E-state index contributed by atoms with van der Waals surface area (Å²) in [6, 6.07) is 4.15. The van der Waals surface area contributed by atoms with Crippen LogP contribution in [0.1, 0.15) is 37.8 Å². The number of piperidine rings is 1. The molecule has 1 fully saturated rings. The lowest BCUT2D eigenvalue weighted by Crippen LogP contribution is -2.44. The summed E-state index contributed by atoms with van der Waals surface area (Å²) in [7, 11) is 0. The maximum Gasteiger partial charge on any atom is 0.227 e. The van der Waals surface area contributed by atoms with Gasteiger partial charge >= 0.3 is 0 Å². The molecular formula is C19H28N2O3. The number of fused-ring (bicyclic) bond motifs is 1. The van der Waals surface area contributed by atoms with Crippen LogP contribution in [0.3, 0.4) is 0 Å². The van der Waals surface area contributed by atoms with Gasteiger partial charge in [-0.1, -0.05) is 0 Å². The summed E-state index contributed by atoms with van der Waals surface area (Å²) in [6.07, 6.45) is 2.98. The topological polar surface area (TPSA) is 50.8 Å². The van der Waals surface area contributed by atoms with E-state index >= 15 is 0 Å². The largest absolute Gasteiger partial charge is 0.490 e. The van der Waals surface area contributed by atoms with Gasteiger partial charge in [0.2, 0.25) is 5.91 Å². The lowest BCUT2D eigenvalue weighted by molar-refractivity contribution is -0.137. The molecule has 1 aromatic carbocycles. The smallest absolute Gasteiger partial charge is 0.227 e. The van der Waals surface area contributed by atoms with Gasteiger partial charge in [0.15, 0.2) is 11.5 Å². The van der Waals surface area contributed by atoms with Gasteiger partial charge < -0.3 is 19.7 Å². The fourth-order valence-electron chi connectivity index (χ4n) is 3.61. The molecule has 0 radical (unpaired) electrons. The monoisotopic (exact) mass is 332 g/mol. The normalized spacial score (nSPS) is 20.4. The number of benzene rings is 1. The Morgan fingerprint density at radius 1 is 1.21 bits per heavy atom. The Labute approximate surface area is 144 Å². The molecule has 0 aliphatic carbocycles. The third kappa shape index (κ3) is 3.66. The highest BCUT2D eigenvalue weighted by Gasteiger charge is 2.29. The number of carbonyl (C=O) groups is 1. The Hall–Kier alpha value is -1.75. The minimum absolute atomic E-state index is 0.134. The van der Waals surface area contributed by atoms with Crippen LogP contribution in [-0.2, 0) is 17.8 Å². The second-order valence-electron chi connectivity index (χ2n) is 6.49.